The molecule has 1 aromatic heterocycles. The number of hydrogen-bond donors (Lipinski definition) is 0. The summed E-state index contributed by atoms with van der Waals surface area (Å²) in [5.41, 5.74) is -2.69. The Morgan fingerprint density at radius 1 is 0.431 bits per heavy atom. The van der Waals surface area contributed by atoms with Crippen LogP contribution in [0.5, 0.6) is 0 Å². The zero-order valence-corrected chi connectivity index (χ0v) is 33.8. The molecule has 0 saturated heterocycles. The summed E-state index contributed by atoms with van der Waals surface area (Å²) in [6.07, 6.45) is 14.6. The maximum atomic E-state index is 13.3. The molecule has 0 aliphatic heterocycles. The number of carbonyl (C=O) groups is 3. The standard InChI is InChI=1S/C36H63N3O9S3/c1-4-7-10-13-25-49-28-16-31(40)46-22-19-37-34(43)38(20-23-47-32(41)17-29-50-26-14-11-8-5-2)36(45)39(35(37)44)21-24-48-33(42)18-30-51-27-15-12-9-6-3/h4-30H2,1-3H3. The number of unbranched alkanes of at least 4 members (excludes halogenated alkanes) is 9. The van der Waals surface area contributed by atoms with Crippen LogP contribution in [0.2, 0.25) is 0 Å². The fraction of sp³-hybridized carbons (Fsp3) is 0.833. The summed E-state index contributed by atoms with van der Waals surface area (Å²) in [4.78, 5) is 76.7. The lowest BCUT2D eigenvalue weighted by Gasteiger charge is -2.14. The molecule has 15 heteroatoms. The van der Waals surface area contributed by atoms with Gasteiger partial charge in [-0.2, -0.15) is 35.3 Å². The molecule has 0 amide bonds. The van der Waals surface area contributed by atoms with E-state index in [1.54, 1.807) is 35.3 Å². The maximum Gasteiger partial charge on any atom is 0.336 e. The van der Waals surface area contributed by atoms with Gasteiger partial charge in [-0.15, -0.1) is 0 Å². The SMILES string of the molecule is CCCCCCSCCC(=O)OCCn1c(=O)n(CCOC(=O)CCSCCCCCC)c(=O)n(CCOC(=O)CCSCCCCCC)c1=O. The number of thioether (sulfide) groups is 3. The van der Waals surface area contributed by atoms with Crippen LogP contribution in [0.4, 0.5) is 0 Å². The monoisotopic (exact) mass is 777 g/mol. The number of hydrogen-bond acceptors (Lipinski definition) is 12. The highest BCUT2D eigenvalue weighted by Crippen LogP contribution is 2.11. The maximum absolute atomic E-state index is 13.3. The first-order chi connectivity index (χ1) is 24.8. The van der Waals surface area contributed by atoms with Crippen LogP contribution in [0.1, 0.15) is 117 Å². The van der Waals surface area contributed by atoms with E-state index >= 15 is 0 Å². The molecule has 51 heavy (non-hydrogen) atoms. The van der Waals surface area contributed by atoms with Gasteiger partial charge >= 0.3 is 35.0 Å². The molecule has 1 heterocycles. The van der Waals surface area contributed by atoms with E-state index in [2.05, 4.69) is 20.8 Å². The van der Waals surface area contributed by atoms with E-state index in [1.165, 1.54) is 57.8 Å². The Morgan fingerprint density at radius 3 is 0.961 bits per heavy atom. The van der Waals surface area contributed by atoms with Gasteiger partial charge in [-0.1, -0.05) is 78.6 Å². The minimum absolute atomic E-state index is 0.211. The molecule has 1 rings (SSSR count). The molecular weight excluding hydrogens is 715 g/mol. The van der Waals surface area contributed by atoms with Crippen molar-refractivity contribution in [3.05, 3.63) is 31.5 Å². The fourth-order valence-electron chi connectivity index (χ4n) is 4.89. The zero-order chi connectivity index (χ0) is 37.5. The fourth-order valence-corrected chi connectivity index (χ4v) is 7.66. The van der Waals surface area contributed by atoms with Crippen molar-refractivity contribution in [3.8, 4) is 0 Å². The van der Waals surface area contributed by atoms with E-state index in [0.29, 0.717) is 17.3 Å². The Bertz CT molecular complexity index is 1100. The van der Waals surface area contributed by atoms with Crippen molar-refractivity contribution < 1.29 is 28.6 Å². The van der Waals surface area contributed by atoms with Gasteiger partial charge < -0.3 is 14.2 Å². The quantitative estimate of drug-likeness (QED) is 0.0475. The van der Waals surface area contributed by atoms with E-state index in [0.717, 1.165) is 50.2 Å². The molecule has 0 N–H and O–H groups in total. The third-order valence-electron chi connectivity index (χ3n) is 7.90. The van der Waals surface area contributed by atoms with Crippen LogP contribution in [-0.2, 0) is 48.2 Å². The van der Waals surface area contributed by atoms with Crippen LogP contribution in [-0.4, -0.2) is 85.9 Å². The first-order valence-corrected chi connectivity index (χ1v) is 22.4. The van der Waals surface area contributed by atoms with E-state index < -0.39 is 35.0 Å². The van der Waals surface area contributed by atoms with Crippen LogP contribution in [0.25, 0.3) is 0 Å². The van der Waals surface area contributed by atoms with Crippen molar-refractivity contribution in [1.29, 1.82) is 0 Å². The van der Waals surface area contributed by atoms with Gasteiger partial charge in [0.2, 0.25) is 0 Å². The molecule has 0 fully saturated rings. The summed E-state index contributed by atoms with van der Waals surface area (Å²) < 4.78 is 18.4. The van der Waals surface area contributed by atoms with E-state index in [1.807, 2.05) is 0 Å². The smallest absolute Gasteiger partial charge is 0.336 e. The lowest BCUT2D eigenvalue weighted by atomic mass is 10.2. The van der Waals surface area contributed by atoms with Crippen molar-refractivity contribution in [2.24, 2.45) is 0 Å². The van der Waals surface area contributed by atoms with E-state index in [9.17, 15) is 28.8 Å². The molecule has 0 radical (unpaired) electrons. The summed E-state index contributed by atoms with van der Waals surface area (Å²) in [5, 5.41) is 0. The molecule has 0 aromatic carbocycles. The van der Waals surface area contributed by atoms with Crippen LogP contribution < -0.4 is 17.1 Å². The number of aromatic nitrogens is 3. The molecule has 0 atom stereocenters. The van der Waals surface area contributed by atoms with Crippen LogP contribution >= 0.6 is 35.3 Å². The summed E-state index contributed by atoms with van der Waals surface area (Å²) in [6.45, 7) is 4.98. The highest BCUT2D eigenvalue weighted by atomic mass is 32.2. The van der Waals surface area contributed by atoms with Crippen molar-refractivity contribution in [3.63, 3.8) is 0 Å². The third kappa shape index (κ3) is 22.5. The Hall–Kier alpha value is -2.13. The van der Waals surface area contributed by atoms with Gasteiger partial charge in [-0.3, -0.25) is 14.4 Å². The Labute approximate surface area is 316 Å². The largest absolute Gasteiger partial charge is 0.464 e. The van der Waals surface area contributed by atoms with Gasteiger partial charge in [0.05, 0.1) is 38.9 Å². The minimum Gasteiger partial charge on any atom is -0.464 e. The average molecular weight is 778 g/mol. The number of esters is 3. The second-order valence-electron chi connectivity index (χ2n) is 12.2. The zero-order valence-electron chi connectivity index (χ0n) is 31.3. The van der Waals surface area contributed by atoms with Gasteiger partial charge in [0.1, 0.15) is 19.8 Å². The van der Waals surface area contributed by atoms with Crippen molar-refractivity contribution >= 4 is 53.2 Å². The van der Waals surface area contributed by atoms with Gasteiger partial charge in [-0.25, -0.2) is 28.1 Å². The van der Waals surface area contributed by atoms with Crippen molar-refractivity contribution in [2.45, 2.75) is 137 Å². The third-order valence-corrected chi connectivity index (χ3v) is 11.1. The summed E-state index contributed by atoms with van der Waals surface area (Å²) >= 11 is 5.06. The molecular formula is C36H63N3O9S3. The Morgan fingerprint density at radius 2 is 0.706 bits per heavy atom. The van der Waals surface area contributed by atoms with Gasteiger partial charge in [0, 0.05) is 17.3 Å². The number of carbonyl (C=O) groups excluding carboxylic acids is 3. The molecule has 0 unspecified atom stereocenters. The van der Waals surface area contributed by atoms with Gasteiger partial charge in [0.15, 0.2) is 0 Å². The van der Waals surface area contributed by atoms with Crippen LogP contribution in [0.15, 0.2) is 14.4 Å². The van der Waals surface area contributed by atoms with Crippen molar-refractivity contribution in [1.82, 2.24) is 13.7 Å². The summed E-state index contributed by atoms with van der Waals surface area (Å²) in [7, 11) is 0. The predicted octanol–water partition coefficient (Wildman–Crippen LogP) is 5.91. The highest BCUT2D eigenvalue weighted by Gasteiger charge is 2.17. The number of ether oxygens (including phenoxy) is 3. The van der Waals surface area contributed by atoms with Crippen LogP contribution in [0.3, 0.4) is 0 Å². The van der Waals surface area contributed by atoms with E-state index in [-0.39, 0.29) is 58.7 Å². The molecule has 0 saturated carbocycles. The molecule has 0 aliphatic rings. The molecule has 294 valence electrons. The lowest BCUT2D eigenvalue weighted by molar-refractivity contribution is -0.144. The number of rotatable bonds is 33. The normalized spacial score (nSPS) is 11.1. The first-order valence-electron chi connectivity index (χ1n) is 18.9. The summed E-state index contributed by atoms with van der Waals surface area (Å²) in [5.74, 6) is 3.49. The van der Waals surface area contributed by atoms with Crippen molar-refractivity contribution in [2.75, 3.05) is 54.3 Å². The minimum atomic E-state index is -0.897. The van der Waals surface area contributed by atoms with E-state index in [4.69, 9.17) is 14.2 Å². The first kappa shape index (κ1) is 46.9. The van der Waals surface area contributed by atoms with Gasteiger partial charge in [0.25, 0.3) is 0 Å². The average Bonchev–Trinajstić information content (AvgIpc) is 3.11. The molecule has 1 aromatic rings. The second-order valence-corrected chi connectivity index (χ2v) is 15.9. The number of nitrogens with zero attached hydrogens (tertiary/aromatic N) is 3. The highest BCUT2D eigenvalue weighted by molar-refractivity contribution is 7.99. The Kier molecular flexibility index (Phi) is 28.9. The molecule has 0 bridgehead atoms. The van der Waals surface area contributed by atoms with Crippen LogP contribution in [0, 0.1) is 0 Å². The van der Waals surface area contributed by atoms with Gasteiger partial charge in [-0.05, 0) is 36.5 Å². The lowest BCUT2D eigenvalue weighted by Crippen LogP contribution is -2.55. The Balaban J connectivity index is 2.80. The summed E-state index contributed by atoms with van der Waals surface area (Å²) in [6, 6.07) is 0. The molecule has 0 spiro atoms. The molecule has 0 aliphatic carbocycles. The molecule has 12 nitrogen and oxygen atoms in total. The second kappa shape index (κ2) is 31.4. The topological polar surface area (TPSA) is 145 Å². The predicted molar refractivity (Wildman–Crippen MR) is 210 cm³/mol.